The van der Waals surface area contributed by atoms with Crippen LogP contribution in [0.1, 0.15) is 11.1 Å². The topological polar surface area (TPSA) is 43.0 Å². The van der Waals surface area contributed by atoms with Crippen LogP contribution in [0.5, 0.6) is 11.5 Å². The second-order valence-electron chi connectivity index (χ2n) is 8.29. The number of benzene rings is 2. The summed E-state index contributed by atoms with van der Waals surface area (Å²) in [5.74, 6) is 1.51. The van der Waals surface area contributed by atoms with Crippen LogP contribution in [0.15, 0.2) is 71.8 Å². The molecule has 32 heavy (non-hydrogen) atoms. The molecule has 0 aliphatic carbocycles. The Morgan fingerprint density at radius 3 is 2.44 bits per heavy atom. The fourth-order valence-corrected chi connectivity index (χ4v) is 4.55. The Labute approximate surface area is 188 Å². The SMILES string of the molecule is COc1ccc(Cn2cc3cccc(N4CCN(Cc5ccoc5)CC4)c3c2)cc1OC. The largest absolute Gasteiger partial charge is 0.493 e. The van der Waals surface area contributed by atoms with Crippen molar-refractivity contribution in [3.63, 3.8) is 0 Å². The van der Waals surface area contributed by atoms with Crippen molar-refractivity contribution in [1.82, 2.24) is 9.47 Å². The van der Waals surface area contributed by atoms with E-state index in [-0.39, 0.29) is 0 Å². The molecule has 0 bridgehead atoms. The van der Waals surface area contributed by atoms with E-state index in [1.807, 2.05) is 24.5 Å². The number of aromatic nitrogens is 1. The van der Waals surface area contributed by atoms with Gasteiger partial charge < -0.3 is 23.4 Å². The highest BCUT2D eigenvalue weighted by Gasteiger charge is 2.19. The summed E-state index contributed by atoms with van der Waals surface area (Å²) in [6.45, 7) is 5.89. The molecule has 0 spiro atoms. The van der Waals surface area contributed by atoms with E-state index >= 15 is 0 Å². The molecule has 5 rings (SSSR count). The molecule has 1 aliphatic rings. The zero-order valence-corrected chi connectivity index (χ0v) is 18.7. The molecule has 6 heteroatoms. The van der Waals surface area contributed by atoms with Gasteiger partial charge >= 0.3 is 0 Å². The molecule has 3 heterocycles. The Morgan fingerprint density at radius 1 is 0.844 bits per heavy atom. The number of ether oxygens (including phenoxy) is 2. The van der Waals surface area contributed by atoms with E-state index in [1.54, 1.807) is 20.5 Å². The van der Waals surface area contributed by atoms with Crippen molar-refractivity contribution in [2.45, 2.75) is 13.1 Å². The van der Waals surface area contributed by atoms with Crippen LogP contribution in [-0.4, -0.2) is 49.9 Å². The molecule has 0 unspecified atom stereocenters. The first-order chi connectivity index (χ1) is 15.7. The third-order valence-corrected chi connectivity index (χ3v) is 6.23. The number of fused-ring (bicyclic) bond motifs is 1. The summed E-state index contributed by atoms with van der Waals surface area (Å²) in [5.41, 5.74) is 3.74. The standard InChI is InChI=1S/C26H29N3O3/c1-30-25-7-6-20(14-26(25)31-2)15-28-17-22-4-3-5-24(23(22)18-28)29-11-9-27(10-12-29)16-21-8-13-32-19-21/h3-8,13-14,17-19H,9-12,15-16H2,1-2H3. The molecular formula is C26H29N3O3. The minimum absolute atomic E-state index is 0.753. The quantitative estimate of drug-likeness (QED) is 0.427. The van der Waals surface area contributed by atoms with E-state index < -0.39 is 0 Å². The van der Waals surface area contributed by atoms with Gasteiger partial charge in [0.15, 0.2) is 11.5 Å². The predicted molar refractivity (Wildman–Crippen MR) is 127 cm³/mol. The second kappa shape index (κ2) is 9.01. The van der Waals surface area contributed by atoms with E-state index in [4.69, 9.17) is 13.9 Å². The fraction of sp³-hybridized carbons (Fsp3) is 0.308. The number of rotatable bonds is 7. The lowest BCUT2D eigenvalue weighted by Gasteiger charge is -2.36. The van der Waals surface area contributed by atoms with Crippen LogP contribution < -0.4 is 14.4 Å². The van der Waals surface area contributed by atoms with Gasteiger partial charge in [0, 0.05) is 73.7 Å². The first kappa shape index (κ1) is 20.5. The molecule has 0 amide bonds. The van der Waals surface area contributed by atoms with Gasteiger partial charge in [0.2, 0.25) is 0 Å². The van der Waals surface area contributed by atoms with Gasteiger partial charge in [-0.05, 0) is 29.8 Å². The maximum absolute atomic E-state index is 5.46. The third-order valence-electron chi connectivity index (χ3n) is 6.23. The van der Waals surface area contributed by atoms with E-state index in [1.165, 1.54) is 27.6 Å². The summed E-state index contributed by atoms with van der Waals surface area (Å²) in [6.07, 6.45) is 8.08. The average molecular weight is 432 g/mol. The Balaban J connectivity index is 1.32. The van der Waals surface area contributed by atoms with Crippen LogP contribution in [0, 0.1) is 0 Å². The Morgan fingerprint density at radius 2 is 1.69 bits per heavy atom. The van der Waals surface area contributed by atoms with Crippen molar-refractivity contribution in [1.29, 1.82) is 0 Å². The zero-order chi connectivity index (χ0) is 21.9. The molecule has 4 aromatic rings. The van der Waals surface area contributed by atoms with E-state index in [9.17, 15) is 0 Å². The minimum Gasteiger partial charge on any atom is -0.493 e. The number of furan rings is 1. The molecule has 0 N–H and O–H groups in total. The highest BCUT2D eigenvalue weighted by molar-refractivity contribution is 5.94. The van der Waals surface area contributed by atoms with Gasteiger partial charge in [-0.25, -0.2) is 0 Å². The number of hydrogen-bond acceptors (Lipinski definition) is 5. The van der Waals surface area contributed by atoms with Crippen molar-refractivity contribution in [2.75, 3.05) is 45.3 Å². The molecule has 0 saturated carbocycles. The molecule has 1 aliphatic heterocycles. The highest BCUT2D eigenvalue weighted by atomic mass is 16.5. The van der Waals surface area contributed by atoms with Crippen molar-refractivity contribution in [2.24, 2.45) is 0 Å². The smallest absolute Gasteiger partial charge is 0.161 e. The molecule has 0 radical (unpaired) electrons. The van der Waals surface area contributed by atoms with Crippen molar-refractivity contribution >= 4 is 16.5 Å². The van der Waals surface area contributed by atoms with Gasteiger partial charge in [-0.2, -0.15) is 0 Å². The predicted octanol–water partition coefficient (Wildman–Crippen LogP) is 4.62. The molecule has 0 atom stereocenters. The monoisotopic (exact) mass is 431 g/mol. The number of piperazine rings is 1. The zero-order valence-electron chi connectivity index (χ0n) is 18.7. The van der Waals surface area contributed by atoms with Crippen molar-refractivity contribution in [3.8, 4) is 11.5 Å². The van der Waals surface area contributed by atoms with Gasteiger partial charge in [-0.1, -0.05) is 18.2 Å². The summed E-state index contributed by atoms with van der Waals surface area (Å²) in [4.78, 5) is 5.00. The summed E-state index contributed by atoms with van der Waals surface area (Å²) < 4.78 is 18.3. The molecule has 1 saturated heterocycles. The Hall–Kier alpha value is -3.38. The maximum Gasteiger partial charge on any atom is 0.161 e. The first-order valence-electron chi connectivity index (χ1n) is 11.0. The second-order valence-corrected chi connectivity index (χ2v) is 8.29. The van der Waals surface area contributed by atoms with Crippen LogP contribution in [0.4, 0.5) is 5.69 Å². The van der Waals surface area contributed by atoms with E-state index in [0.717, 1.165) is 50.8 Å². The first-order valence-corrected chi connectivity index (χ1v) is 11.0. The molecular weight excluding hydrogens is 402 g/mol. The maximum atomic E-state index is 5.46. The van der Waals surface area contributed by atoms with Crippen molar-refractivity contribution < 1.29 is 13.9 Å². The van der Waals surface area contributed by atoms with Gasteiger partial charge in [0.1, 0.15) is 0 Å². The molecule has 2 aromatic carbocycles. The highest BCUT2D eigenvalue weighted by Crippen LogP contribution is 2.31. The van der Waals surface area contributed by atoms with Gasteiger partial charge in [0.05, 0.1) is 26.7 Å². The van der Waals surface area contributed by atoms with Crippen LogP contribution in [0.25, 0.3) is 10.8 Å². The average Bonchev–Trinajstić information content (AvgIpc) is 3.48. The summed E-state index contributed by atoms with van der Waals surface area (Å²) in [7, 11) is 3.34. The lowest BCUT2D eigenvalue weighted by atomic mass is 10.1. The van der Waals surface area contributed by atoms with E-state index in [0.29, 0.717) is 0 Å². The number of methoxy groups -OCH3 is 2. The van der Waals surface area contributed by atoms with Crippen molar-refractivity contribution in [3.05, 3.63) is 78.5 Å². The fourth-order valence-electron chi connectivity index (χ4n) is 4.55. The summed E-state index contributed by atoms with van der Waals surface area (Å²) in [5, 5.41) is 2.57. The lowest BCUT2D eigenvalue weighted by Crippen LogP contribution is -2.45. The molecule has 166 valence electrons. The number of hydrogen-bond donors (Lipinski definition) is 0. The normalized spacial score (nSPS) is 14.8. The number of anilines is 1. The third kappa shape index (κ3) is 4.18. The lowest BCUT2D eigenvalue weighted by molar-refractivity contribution is 0.249. The Bertz CT molecular complexity index is 1170. The number of nitrogens with zero attached hydrogens (tertiary/aromatic N) is 3. The van der Waals surface area contributed by atoms with Crippen LogP contribution >= 0.6 is 0 Å². The summed E-state index contributed by atoms with van der Waals surface area (Å²) in [6, 6.07) is 14.8. The summed E-state index contributed by atoms with van der Waals surface area (Å²) >= 11 is 0. The van der Waals surface area contributed by atoms with Crippen LogP contribution in [0.2, 0.25) is 0 Å². The van der Waals surface area contributed by atoms with Crippen LogP contribution in [-0.2, 0) is 13.1 Å². The van der Waals surface area contributed by atoms with Gasteiger partial charge in [0.25, 0.3) is 0 Å². The molecule has 1 fully saturated rings. The van der Waals surface area contributed by atoms with Gasteiger partial charge in [-0.3, -0.25) is 4.90 Å². The minimum atomic E-state index is 0.753. The molecule has 6 nitrogen and oxygen atoms in total. The van der Waals surface area contributed by atoms with Gasteiger partial charge in [-0.15, -0.1) is 0 Å². The Kier molecular flexibility index (Phi) is 5.77. The molecule has 2 aromatic heterocycles. The van der Waals surface area contributed by atoms with E-state index in [2.05, 4.69) is 51.0 Å². The van der Waals surface area contributed by atoms with Crippen LogP contribution in [0.3, 0.4) is 0 Å².